The second kappa shape index (κ2) is 3.90. The molecule has 0 aliphatic carbocycles. The van der Waals surface area contributed by atoms with Gasteiger partial charge in [-0.25, -0.2) is 9.78 Å². The topological polar surface area (TPSA) is 44.1 Å². The maximum atomic E-state index is 11.2. The van der Waals surface area contributed by atoms with Crippen LogP contribution in [0.15, 0.2) is 12.5 Å². The van der Waals surface area contributed by atoms with Crippen molar-refractivity contribution >= 4 is 5.97 Å². The Bertz CT molecular complexity index is 268. The number of ether oxygens (including phenoxy) is 1. The molecule has 0 fully saturated rings. The van der Waals surface area contributed by atoms with E-state index in [4.69, 9.17) is 4.74 Å². The molecular weight excluding hydrogens is 156 g/mol. The minimum atomic E-state index is -0.308. The number of rotatable bonds is 3. The van der Waals surface area contributed by atoms with Gasteiger partial charge in [0.15, 0.2) is 0 Å². The van der Waals surface area contributed by atoms with Crippen LogP contribution in [0.5, 0.6) is 0 Å². The predicted octanol–water partition coefficient (Wildman–Crippen LogP) is 1.08. The molecule has 0 atom stereocenters. The average Bonchev–Trinajstić information content (AvgIpc) is 2.51. The quantitative estimate of drug-likeness (QED) is 0.634. The molecule has 0 bridgehead atoms. The zero-order valence-corrected chi connectivity index (χ0v) is 7.28. The van der Waals surface area contributed by atoms with Crippen LogP contribution in [0.3, 0.4) is 0 Å². The minimum Gasteiger partial charge on any atom is -0.461 e. The monoisotopic (exact) mass is 168 g/mol. The first kappa shape index (κ1) is 8.77. The summed E-state index contributed by atoms with van der Waals surface area (Å²) >= 11 is 0. The van der Waals surface area contributed by atoms with Crippen LogP contribution in [-0.4, -0.2) is 22.1 Å². The molecule has 1 aromatic heterocycles. The highest BCUT2D eigenvalue weighted by molar-refractivity contribution is 5.87. The van der Waals surface area contributed by atoms with Gasteiger partial charge in [-0.1, -0.05) is 0 Å². The summed E-state index contributed by atoms with van der Waals surface area (Å²) in [6.45, 7) is 4.86. The van der Waals surface area contributed by atoms with E-state index in [2.05, 4.69) is 4.98 Å². The lowest BCUT2D eigenvalue weighted by molar-refractivity contribution is 0.0514. The van der Waals surface area contributed by atoms with Gasteiger partial charge >= 0.3 is 5.97 Å². The van der Waals surface area contributed by atoms with E-state index in [1.165, 1.54) is 6.20 Å². The highest BCUT2D eigenvalue weighted by Gasteiger charge is 2.10. The van der Waals surface area contributed by atoms with Gasteiger partial charge in [-0.05, 0) is 13.8 Å². The number of aromatic nitrogens is 2. The van der Waals surface area contributed by atoms with E-state index in [-0.39, 0.29) is 5.97 Å². The number of carbonyl (C=O) groups excluding carboxylic acids is 1. The third kappa shape index (κ3) is 1.64. The van der Waals surface area contributed by atoms with Crippen molar-refractivity contribution in [3.8, 4) is 0 Å². The molecule has 0 aliphatic rings. The summed E-state index contributed by atoms with van der Waals surface area (Å²) in [6.07, 6.45) is 3.13. The average molecular weight is 168 g/mol. The number of hydrogen-bond donors (Lipinski definition) is 0. The molecule has 0 N–H and O–H groups in total. The third-order valence-electron chi connectivity index (χ3n) is 1.54. The third-order valence-corrected chi connectivity index (χ3v) is 1.54. The Balaban J connectivity index is 2.79. The zero-order chi connectivity index (χ0) is 8.97. The van der Waals surface area contributed by atoms with Crippen molar-refractivity contribution < 1.29 is 9.53 Å². The van der Waals surface area contributed by atoms with Gasteiger partial charge in [0.25, 0.3) is 0 Å². The van der Waals surface area contributed by atoms with Gasteiger partial charge in [-0.15, -0.1) is 0 Å². The van der Waals surface area contributed by atoms with Crippen LogP contribution in [0.1, 0.15) is 24.3 Å². The molecule has 0 aromatic carbocycles. The molecule has 0 radical (unpaired) electrons. The summed E-state index contributed by atoms with van der Waals surface area (Å²) < 4.78 is 6.58. The number of aryl methyl sites for hydroxylation is 1. The standard InChI is InChI=1S/C8H12N2O2/c1-3-10-6-9-5-7(10)8(11)12-4-2/h5-6H,3-4H2,1-2H3. The SMILES string of the molecule is CCOC(=O)c1cncn1CC. The fraction of sp³-hybridized carbons (Fsp3) is 0.500. The predicted molar refractivity (Wildman–Crippen MR) is 43.9 cm³/mol. The Kier molecular flexibility index (Phi) is 2.85. The van der Waals surface area contributed by atoms with Crippen molar-refractivity contribution in [2.75, 3.05) is 6.61 Å². The Morgan fingerprint density at radius 2 is 2.42 bits per heavy atom. The Hall–Kier alpha value is -1.32. The largest absolute Gasteiger partial charge is 0.461 e. The van der Waals surface area contributed by atoms with Gasteiger partial charge in [0.1, 0.15) is 5.69 Å². The first-order chi connectivity index (χ1) is 5.79. The first-order valence-corrected chi connectivity index (χ1v) is 3.96. The van der Waals surface area contributed by atoms with E-state index in [9.17, 15) is 4.79 Å². The van der Waals surface area contributed by atoms with Crippen LogP contribution in [-0.2, 0) is 11.3 Å². The van der Waals surface area contributed by atoms with Gasteiger partial charge in [0, 0.05) is 6.54 Å². The van der Waals surface area contributed by atoms with Crippen LogP contribution in [0, 0.1) is 0 Å². The van der Waals surface area contributed by atoms with Crippen LogP contribution < -0.4 is 0 Å². The molecule has 0 aliphatic heterocycles. The lowest BCUT2D eigenvalue weighted by atomic mass is 10.4. The molecule has 66 valence electrons. The fourth-order valence-corrected chi connectivity index (χ4v) is 0.948. The maximum Gasteiger partial charge on any atom is 0.356 e. The van der Waals surface area contributed by atoms with Crippen LogP contribution >= 0.6 is 0 Å². The second-order valence-corrected chi connectivity index (χ2v) is 2.29. The number of esters is 1. The van der Waals surface area contributed by atoms with Crippen molar-refractivity contribution in [3.63, 3.8) is 0 Å². The summed E-state index contributed by atoms with van der Waals surface area (Å²) in [6, 6.07) is 0. The van der Waals surface area contributed by atoms with Crippen molar-refractivity contribution in [3.05, 3.63) is 18.2 Å². The van der Waals surface area contributed by atoms with Gasteiger partial charge in [-0.2, -0.15) is 0 Å². The lowest BCUT2D eigenvalue weighted by Gasteiger charge is -2.03. The molecule has 0 unspecified atom stereocenters. The van der Waals surface area contributed by atoms with E-state index in [1.54, 1.807) is 17.8 Å². The summed E-state index contributed by atoms with van der Waals surface area (Å²) in [5.74, 6) is -0.308. The van der Waals surface area contributed by atoms with Crippen molar-refractivity contribution in [2.24, 2.45) is 0 Å². The van der Waals surface area contributed by atoms with Crippen molar-refractivity contribution in [1.29, 1.82) is 0 Å². The number of hydrogen-bond acceptors (Lipinski definition) is 3. The zero-order valence-electron chi connectivity index (χ0n) is 7.28. The van der Waals surface area contributed by atoms with E-state index >= 15 is 0 Å². The van der Waals surface area contributed by atoms with Crippen LogP contribution in [0.4, 0.5) is 0 Å². The highest BCUT2D eigenvalue weighted by Crippen LogP contribution is 2.00. The molecule has 1 heterocycles. The highest BCUT2D eigenvalue weighted by atomic mass is 16.5. The van der Waals surface area contributed by atoms with Gasteiger partial charge in [0.05, 0.1) is 19.1 Å². The Morgan fingerprint density at radius 3 is 3.00 bits per heavy atom. The summed E-state index contributed by atoms with van der Waals surface area (Å²) in [7, 11) is 0. The van der Waals surface area contributed by atoms with E-state index in [1.807, 2.05) is 6.92 Å². The first-order valence-electron chi connectivity index (χ1n) is 3.96. The molecule has 0 saturated carbocycles. The van der Waals surface area contributed by atoms with Crippen LogP contribution in [0.2, 0.25) is 0 Å². The van der Waals surface area contributed by atoms with E-state index < -0.39 is 0 Å². The molecule has 0 spiro atoms. The summed E-state index contributed by atoms with van der Waals surface area (Å²) in [4.78, 5) is 15.1. The molecule has 1 aromatic rings. The lowest BCUT2D eigenvalue weighted by Crippen LogP contribution is -2.10. The number of carbonyl (C=O) groups is 1. The van der Waals surface area contributed by atoms with Crippen LogP contribution in [0.25, 0.3) is 0 Å². The maximum absolute atomic E-state index is 11.2. The second-order valence-electron chi connectivity index (χ2n) is 2.29. The molecule has 0 amide bonds. The van der Waals surface area contributed by atoms with Gasteiger partial charge in [-0.3, -0.25) is 0 Å². The van der Waals surface area contributed by atoms with Crippen molar-refractivity contribution in [2.45, 2.75) is 20.4 Å². The smallest absolute Gasteiger partial charge is 0.356 e. The molecule has 1 rings (SSSR count). The fourth-order valence-electron chi connectivity index (χ4n) is 0.948. The van der Waals surface area contributed by atoms with Gasteiger partial charge < -0.3 is 9.30 Å². The molecule has 4 nitrogen and oxygen atoms in total. The molecule has 0 saturated heterocycles. The summed E-state index contributed by atoms with van der Waals surface area (Å²) in [5.41, 5.74) is 0.513. The molecule has 12 heavy (non-hydrogen) atoms. The Labute approximate surface area is 71.2 Å². The molecular formula is C8H12N2O2. The number of nitrogens with zero attached hydrogens (tertiary/aromatic N) is 2. The van der Waals surface area contributed by atoms with Gasteiger partial charge in [0.2, 0.25) is 0 Å². The minimum absolute atomic E-state index is 0.308. The number of imidazole rings is 1. The van der Waals surface area contributed by atoms with E-state index in [0.717, 1.165) is 6.54 Å². The summed E-state index contributed by atoms with van der Waals surface area (Å²) in [5, 5.41) is 0. The Morgan fingerprint density at radius 1 is 1.67 bits per heavy atom. The normalized spacial score (nSPS) is 9.83. The van der Waals surface area contributed by atoms with Crippen molar-refractivity contribution in [1.82, 2.24) is 9.55 Å². The van der Waals surface area contributed by atoms with E-state index in [0.29, 0.717) is 12.3 Å². The molecule has 4 heteroatoms.